The molecule has 1 saturated heterocycles. The molecule has 0 bridgehead atoms. The van der Waals surface area contributed by atoms with Crippen molar-refractivity contribution in [2.75, 3.05) is 19.8 Å². The van der Waals surface area contributed by atoms with Crippen LogP contribution in [0.3, 0.4) is 0 Å². The van der Waals surface area contributed by atoms with Gasteiger partial charge in [0.05, 0.1) is 12.2 Å². The summed E-state index contributed by atoms with van der Waals surface area (Å²) in [6, 6.07) is 0.589. The molecule has 0 aromatic heterocycles. The molecule has 2 unspecified atom stereocenters. The first-order chi connectivity index (χ1) is 7.22. The van der Waals surface area contributed by atoms with Gasteiger partial charge in [0, 0.05) is 25.8 Å². The molecule has 0 radical (unpaired) electrons. The molecule has 0 saturated carbocycles. The van der Waals surface area contributed by atoms with Crippen LogP contribution in [-0.2, 0) is 9.47 Å². The van der Waals surface area contributed by atoms with Gasteiger partial charge in [0.15, 0.2) is 0 Å². The van der Waals surface area contributed by atoms with Gasteiger partial charge in [0.25, 0.3) is 0 Å². The average Bonchev–Trinajstić information content (AvgIpc) is 2.27. The van der Waals surface area contributed by atoms with E-state index in [0.717, 1.165) is 32.6 Å². The minimum absolute atomic E-state index is 0.307. The van der Waals surface area contributed by atoms with Crippen LogP contribution in [0, 0.1) is 0 Å². The molecule has 1 fully saturated rings. The summed E-state index contributed by atoms with van der Waals surface area (Å²) in [7, 11) is 0. The van der Waals surface area contributed by atoms with Gasteiger partial charge >= 0.3 is 0 Å². The van der Waals surface area contributed by atoms with Crippen molar-refractivity contribution in [3.05, 3.63) is 0 Å². The zero-order chi connectivity index (χ0) is 11.1. The number of nitrogens with one attached hydrogen (secondary N) is 1. The fourth-order valence-corrected chi connectivity index (χ4v) is 1.70. The van der Waals surface area contributed by atoms with Crippen LogP contribution in [0.25, 0.3) is 0 Å². The molecule has 90 valence electrons. The van der Waals surface area contributed by atoms with Crippen molar-refractivity contribution in [3.8, 4) is 0 Å². The molecule has 15 heavy (non-hydrogen) atoms. The van der Waals surface area contributed by atoms with E-state index in [0.29, 0.717) is 18.2 Å². The second-order valence-electron chi connectivity index (χ2n) is 4.48. The molecule has 0 spiro atoms. The molecule has 1 rings (SSSR count). The Morgan fingerprint density at radius 2 is 2.00 bits per heavy atom. The second kappa shape index (κ2) is 7.20. The zero-order valence-electron chi connectivity index (χ0n) is 10.3. The van der Waals surface area contributed by atoms with Crippen molar-refractivity contribution < 1.29 is 9.47 Å². The lowest BCUT2D eigenvalue weighted by atomic mass is 10.1. The van der Waals surface area contributed by atoms with Crippen LogP contribution < -0.4 is 5.32 Å². The lowest BCUT2D eigenvalue weighted by Crippen LogP contribution is -2.36. The van der Waals surface area contributed by atoms with E-state index < -0.39 is 0 Å². The van der Waals surface area contributed by atoms with Crippen LogP contribution in [0.2, 0.25) is 0 Å². The van der Waals surface area contributed by atoms with Gasteiger partial charge < -0.3 is 14.8 Å². The highest BCUT2D eigenvalue weighted by molar-refractivity contribution is 4.67. The molecule has 1 N–H and O–H groups in total. The van der Waals surface area contributed by atoms with Gasteiger partial charge in [-0.15, -0.1) is 0 Å². The highest BCUT2D eigenvalue weighted by atomic mass is 16.5. The largest absolute Gasteiger partial charge is 0.381 e. The van der Waals surface area contributed by atoms with E-state index in [-0.39, 0.29) is 0 Å². The Morgan fingerprint density at radius 3 is 2.60 bits per heavy atom. The summed E-state index contributed by atoms with van der Waals surface area (Å²) in [5.41, 5.74) is 0. The summed E-state index contributed by atoms with van der Waals surface area (Å²) in [4.78, 5) is 0. The Labute approximate surface area is 93.5 Å². The molecule has 0 aliphatic carbocycles. The van der Waals surface area contributed by atoms with Gasteiger partial charge in [0.1, 0.15) is 0 Å². The molecule has 3 nitrogen and oxygen atoms in total. The Kier molecular flexibility index (Phi) is 6.22. The monoisotopic (exact) mass is 215 g/mol. The standard InChI is InChI=1S/C12H25NO2/c1-4-10(2)13-9-11(3)15-12-5-7-14-8-6-12/h10-13H,4-9H2,1-3H3. The lowest BCUT2D eigenvalue weighted by Gasteiger charge is -2.26. The Bertz CT molecular complexity index is 158. The van der Waals surface area contributed by atoms with Crippen molar-refractivity contribution in [2.24, 2.45) is 0 Å². The van der Waals surface area contributed by atoms with Gasteiger partial charge in [-0.25, -0.2) is 0 Å². The molecule has 2 atom stereocenters. The Morgan fingerprint density at radius 1 is 1.33 bits per heavy atom. The molecule has 1 aliphatic heterocycles. The number of rotatable bonds is 6. The first-order valence-corrected chi connectivity index (χ1v) is 6.19. The SMILES string of the molecule is CCC(C)NCC(C)OC1CCOCC1. The average molecular weight is 215 g/mol. The predicted octanol–water partition coefficient (Wildman–Crippen LogP) is 1.96. The molecule has 0 aromatic carbocycles. The number of hydrogen-bond acceptors (Lipinski definition) is 3. The minimum atomic E-state index is 0.307. The molecular formula is C12H25NO2. The third-order valence-corrected chi connectivity index (χ3v) is 2.96. The van der Waals surface area contributed by atoms with E-state index in [9.17, 15) is 0 Å². The van der Waals surface area contributed by atoms with Crippen molar-refractivity contribution in [3.63, 3.8) is 0 Å². The first-order valence-electron chi connectivity index (χ1n) is 6.19. The van der Waals surface area contributed by atoms with Gasteiger partial charge in [-0.3, -0.25) is 0 Å². The van der Waals surface area contributed by atoms with E-state index >= 15 is 0 Å². The Hall–Kier alpha value is -0.120. The molecule has 0 amide bonds. The topological polar surface area (TPSA) is 30.5 Å². The zero-order valence-corrected chi connectivity index (χ0v) is 10.3. The second-order valence-corrected chi connectivity index (χ2v) is 4.48. The van der Waals surface area contributed by atoms with Crippen molar-refractivity contribution >= 4 is 0 Å². The third kappa shape index (κ3) is 5.50. The lowest BCUT2D eigenvalue weighted by molar-refractivity contribution is -0.0617. The van der Waals surface area contributed by atoms with E-state index in [2.05, 4.69) is 26.1 Å². The summed E-state index contributed by atoms with van der Waals surface area (Å²) in [5.74, 6) is 0. The maximum absolute atomic E-state index is 5.94. The van der Waals surface area contributed by atoms with Gasteiger partial charge in [-0.1, -0.05) is 6.92 Å². The first kappa shape index (κ1) is 12.9. The number of ether oxygens (including phenoxy) is 2. The molecule has 0 aromatic rings. The normalized spacial score (nSPS) is 22.6. The van der Waals surface area contributed by atoms with E-state index in [1.807, 2.05) is 0 Å². The van der Waals surface area contributed by atoms with Crippen LogP contribution in [0.1, 0.15) is 40.0 Å². The summed E-state index contributed by atoms with van der Waals surface area (Å²) in [6.07, 6.45) is 3.99. The Balaban J connectivity index is 2.08. The molecule has 1 aliphatic rings. The predicted molar refractivity (Wildman–Crippen MR) is 62.1 cm³/mol. The van der Waals surface area contributed by atoms with E-state index in [1.165, 1.54) is 6.42 Å². The van der Waals surface area contributed by atoms with Crippen molar-refractivity contribution in [1.29, 1.82) is 0 Å². The quantitative estimate of drug-likeness (QED) is 0.734. The molecular weight excluding hydrogens is 190 g/mol. The van der Waals surface area contributed by atoms with Gasteiger partial charge in [-0.05, 0) is 33.1 Å². The molecule has 1 heterocycles. The maximum atomic E-state index is 5.94. The van der Waals surface area contributed by atoms with E-state index in [1.54, 1.807) is 0 Å². The van der Waals surface area contributed by atoms with Crippen LogP contribution in [-0.4, -0.2) is 38.0 Å². The minimum Gasteiger partial charge on any atom is -0.381 e. The molecule has 3 heteroatoms. The fraction of sp³-hybridized carbons (Fsp3) is 1.00. The van der Waals surface area contributed by atoms with Crippen molar-refractivity contribution in [2.45, 2.75) is 58.3 Å². The highest BCUT2D eigenvalue weighted by Gasteiger charge is 2.17. The summed E-state index contributed by atoms with van der Waals surface area (Å²) < 4.78 is 11.2. The van der Waals surface area contributed by atoms with Crippen LogP contribution in [0.4, 0.5) is 0 Å². The third-order valence-electron chi connectivity index (χ3n) is 2.96. The van der Waals surface area contributed by atoms with Crippen molar-refractivity contribution in [1.82, 2.24) is 5.32 Å². The van der Waals surface area contributed by atoms with Gasteiger partial charge in [-0.2, -0.15) is 0 Å². The van der Waals surface area contributed by atoms with Gasteiger partial charge in [0.2, 0.25) is 0 Å². The van der Waals surface area contributed by atoms with Crippen LogP contribution in [0.5, 0.6) is 0 Å². The summed E-state index contributed by atoms with van der Waals surface area (Å²) in [5, 5.41) is 3.47. The number of hydrogen-bond donors (Lipinski definition) is 1. The van der Waals surface area contributed by atoms with E-state index in [4.69, 9.17) is 9.47 Å². The van der Waals surface area contributed by atoms with Crippen LogP contribution >= 0.6 is 0 Å². The maximum Gasteiger partial charge on any atom is 0.0675 e. The summed E-state index contributed by atoms with van der Waals surface area (Å²) in [6.45, 7) is 9.21. The fourth-order valence-electron chi connectivity index (χ4n) is 1.70. The van der Waals surface area contributed by atoms with Crippen LogP contribution in [0.15, 0.2) is 0 Å². The smallest absolute Gasteiger partial charge is 0.0675 e. The summed E-state index contributed by atoms with van der Waals surface area (Å²) >= 11 is 0. The highest BCUT2D eigenvalue weighted by Crippen LogP contribution is 2.12.